The average Bonchev–Trinajstić information content (AvgIpc) is 2.05. The van der Waals surface area contributed by atoms with Crippen molar-refractivity contribution < 1.29 is 9.50 Å². The van der Waals surface area contributed by atoms with Gasteiger partial charge in [0.1, 0.15) is 12.8 Å². The Morgan fingerprint density at radius 2 is 2.36 bits per heavy atom. The minimum Gasteiger partial charge on any atom is -0.384 e. The molecule has 1 heterocycles. The van der Waals surface area contributed by atoms with Crippen LogP contribution in [0.15, 0.2) is 18.3 Å². The molecular weight excluding hydrogens is 169 g/mol. The van der Waals surface area contributed by atoms with Crippen molar-refractivity contribution in [3.8, 4) is 0 Å². The van der Waals surface area contributed by atoms with Gasteiger partial charge in [-0.3, -0.25) is 4.98 Å². The van der Waals surface area contributed by atoms with Gasteiger partial charge in [0.15, 0.2) is 0 Å². The van der Waals surface area contributed by atoms with E-state index in [4.69, 9.17) is 16.7 Å². The number of nitrogens with zero attached hydrogens (tertiary/aromatic N) is 1. The van der Waals surface area contributed by atoms with Crippen LogP contribution in [0.1, 0.15) is 11.8 Å². The number of rotatable bonds is 2. The van der Waals surface area contributed by atoms with Crippen LogP contribution in [0.25, 0.3) is 0 Å². The summed E-state index contributed by atoms with van der Waals surface area (Å²) in [6, 6.07) is 3.05. The maximum atomic E-state index is 11.8. The molecule has 0 aliphatic carbocycles. The number of halogens is 2. The Balaban J connectivity index is 2.81. The maximum Gasteiger partial charge on any atom is 0.124 e. The van der Waals surface area contributed by atoms with E-state index in [0.717, 1.165) is 0 Å². The number of hydrogen-bond donors (Lipinski definition) is 1. The molecule has 0 aliphatic rings. The Bertz CT molecular complexity index is 226. The third-order valence-corrected chi connectivity index (χ3v) is 1.46. The zero-order valence-electron chi connectivity index (χ0n) is 5.67. The first-order valence-electron chi connectivity index (χ1n) is 3.09. The molecule has 1 unspecified atom stereocenters. The lowest BCUT2D eigenvalue weighted by Gasteiger charge is -2.03. The molecule has 0 bridgehead atoms. The first-order valence-corrected chi connectivity index (χ1v) is 3.47. The Kier molecular flexibility index (Phi) is 2.79. The quantitative estimate of drug-likeness (QED) is 0.743. The van der Waals surface area contributed by atoms with Crippen molar-refractivity contribution in [1.29, 1.82) is 0 Å². The zero-order chi connectivity index (χ0) is 8.27. The maximum absolute atomic E-state index is 11.8. The minimum atomic E-state index is -1.13. The second kappa shape index (κ2) is 3.64. The molecule has 0 radical (unpaired) electrons. The summed E-state index contributed by atoms with van der Waals surface area (Å²) < 4.78 is 11.8. The Hall–Kier alpha value is -0.670. The summed E-state index contributed by atoms with van der Waals surface area (Å²) in [7, 11) is 0. The number of alkyl halides is 1. The fourth-order valence-corrected chi connectivity index (χ4v) is 0.775. The highest BCUT2D eigenvalue weighted by Gasteiger charge is 2.06. The number of aliphatic hydroxyl groups is 1. The molecular formula is C7H7ClFNO. The predicted octanol–water partition coefficient (Wildman–Crippen LogP) is 1.74. The molecule has 0 saturated heterocycles. The van der Waals surface area contributed by atoms with Crippen LogP contribution in [0.2, 0.25) is 5.02 Å². The summed E-state index contributed by atoms with van der Waals surface area (Å²) >= 11 is 5.52. The van der Waals surface area contributed by atoms with Gasteiger partial charge in [-0.15, -0.1) is 0 Å². The van der Waals surface area contributed by atoms with Gasteiger partial charge in [0, 0.05) is 6.20 Å². The minimum absolute atomic E-state index is 0.303. The van der Waals surface area contributed by atoms with Crippen LogP contribution in [0.4, 0.5) is 4.39 Å². The molecule has 1 atom stereocenters. The number of pyridine rings is 1. The lowest BCUT2D eigenvalue weighted by atomic mass is 10.2. The van der Waals surface area contributed by atoms with Crippen molar-refractivity contribution in [3.63, 3.8) is 0 Å². The fourth-order valence-electron chi connectivity index (χ4n) is 0.663. The van der Waals surface area contributed by atoms with Crippen molar-refractivity contribution in [1.82, 2.24) is 4.98 Å². The van der Waals surface area contributed by atoms with Gasteiger partial charge in [-0.05, 0) is 12.1 Å². The van der Waals surface area contributed by atoms with Gasteiger partial charge in [-0.1, -0.05) is 11.6 Å². The molecule has 0 aromatic carbocycles. The van der Waals surface area contributed by atoms with Gasteiger partial charge in [-0.2, -0.15) is 0 Å². The SMILES string of the molecule is OC(CF)c1ccc(Cl)cn1. The van der Waals surface area contributed by atoms with E-state index in [2.05, 4.69) is 4.98 Å². The summed E-state index contributed by atoms with van der Waals surface area (Å²) in [5.74, 6) is 0. The van der Waals surface area contributed by atoms with Gasteiger partial charge >= 0.3 is 0 Å². The van der Waals surface area contributed by atoms with Crippen LogP contribution in [-0.4, -0.2) is 16.8 Å². The van der Waals surface area contributed by atoms with Crippen LogP contribution in [0.3, 0.4) is 0 Å². The number of aliphatic hydroxyl groups excluding tert-OH is 1. The average molecular weight is 176 g/mol. The van der Waals surface area contributed by atoms with E-state index >= 15 is 0 Å². The molecule has 1 aromatic rings. The van der Waals surface area contributed by atoms with Crippen molar-refractivity contribution in [2.45, 2.75) is 6.10 Å². The molecule has 4 heteroatoms. The highest BCUT2D eigenvalue weighted by Crippen LogP contribution is 2.12. The molecule has 1 rings (SSSR count). The molecule has 1 aromatic heterocycles. The molecule has 2 nitrogen and oxygen atoms in total. The van der Waals surface area contributed by atoms with E-state index in [-0.39, 0.29) is 0 Å². The smallest absolute Gasteiger partial charge is 0.124 e. The summed E-state index contributed by atoms with van der Waals surface area (Å²) in [4.78, 5) is 3.73. The lowest BCUT2D eigenvalue weighted by Crippen LogP contribution is -2.01. The number of aromatic nitrogens is 1. The predicted molar refractivity (Wildman–Crippen MR) is 40.2 cm³/mol. The molecule has 0 fully saturated rings. The lowest BCUT2D eigenvalue weighted by molar-refractivity contribution is 0.137. The first kappa shape index (κ1) is 8.43. The van der Waals surface area contributed by atoms with E-state index in [1.54, 1.807) is 6.07 Å². The van der Waals surface area contributed by atoms with Crippen molar-refractivity contribution >= 4 is 11.6 Å². The second-order valence-corrected chi connectivity index (χ2v) is 2.51. The van der Waals surface area contributed by atoms with Crippen molar-refractivity contribution in [2.75, 3.05) is 6.67 Å². The molecule has 60 valence electrons. The first-order chi connectivity index (χ1) is 5.24. The standard InChI is InChI=1S/C7H7ClFNO/c8-5-1-2-6(10-4-5)7(11)3-9/h1-2,4,7,11H,3H2. The van der Waals surface area contributed by atoms with Crippen LogP contribution in [0, 0.1) is 0 Å². The highest BCUT2D eigenvalue weighted by molar-refractivity contribution is 6.30. The molecule has 1 N–H and O–H groups in total. The molecule has 0 aliphatic heterocycles. The van der Waals surface area contributed by atoms with Gasteiger partial charge in [-0.25, -0.2) is 4.39 Å². The van der Waals surface area contributed by atoms with Crippen LogP contribution >= 0.6 is 11.6 Å². The van der Waals surface area contributed by atoms with E-state index in [9.17, 15) is 4.39 Å². The molecule has 0 amide bonds. The van der Waals surface area contributed by atoms with Crippen molar-refractivity contribution in [2.24, 2.45) is 0 Å². The molecule has 11 heavy (non-hydrogen) atoms. The largest absolute Gasteiger partial charge is 0.384 e. The van der Waals surface area contributed by atoms with Crippen LogP contribution < -0.4 is 0 Å². The fraction of sp³-hybridized carbons (Fsp3) is 0.286. The third-order valence-electron chi connectivity index (χ3n) is 1.24. The van der Waals surface area contributed by atoms with Gasteiger partial charge in [0.05, 0.1) is 10.7 Å². The number of hydrogen-bond acceptors (Lipinski definition) is 2. The highest BCUT2D eigenvalue weighted by atomic mass is 35.5. The summed E-state index contributed by atoms with van der Waals surface area (Å²) in [5.41, 5.74) is 0.303. The van der Waals surface area contributed by atoms with Gasteiger partial charge in [0.2, 0.25) is 0 Å². The van der Waals surface area contributed by atoms with E-state index in [1.807, 2.05) is 0 Å². The third kappa shape index (κ3) is 2.13. The van der Waals surface area contributed by atoms with Crippen LogP contribution in [0.5, 0.6) is 0 Å². The van der Waals surface area contributed by atoms with Gasteiger partial charge < -0.3 is 5.11 Å². The van der Waals surface area contributed by atoms with Crippen molar-refractivity contribution in [3.05, 3.63) is 29.0 Å². The topological polar surface area (TPSA) is 33.1 Å². The zero-order valence-corrected chi connectivity index (χ0v) is 6.42. The molecule has 0 saturated carbocycles. The molecule has 0 spiro atoms. The Labute approximate surface area is 68.6 Å². The Morgan fingerprint density at radius 3 is 2.82 bits per heavy atom. The monoisotopic (exact) mass is 175 g/mol. The van der Waals surface area contributed by atoms with E-state index in [0.29, 0.717) is 10.7 Å². The summed E-state index contributed by atoms with van der Waals surface area (Å²) in [6.07, 6.45) is 0.239. The Morgan fingerprint density at radius 1 is 1.64 bits per heavy atom. The summed E-state index contributed by atoms with van der Waals surface area (Å²) in [6.45, 7) is -0.825. The normalized spacial score (nSPS) is 13.0. The second-order valence-electron chi connectivity index (χ2n) is 2.07. The van der Waals surface area contributed by atoms with E-state index in [1.165, 1.54) is 12.3 Å². The van der Waals surface area contributed by atoms with Gasteiger partial charge in [0.25, 0.3) is 0 Å². The van der Waals surface area contributed by atoms with E-state index < -0.39 is 12.8 Å². The summed E-state index contributed by atoms with van der Waals surface area (Å²) in [5, 5.41) is 9.41. The van der Waals surface area contributed by atoms with Crippen LogP contribution in [-0.2, 0) is 0 Å².